The molecule has 1 rings (SSSR count). The largest absolute Gasteiger partial charge is 0.463 e. The average molecular weight is 363 g/mol. The van der Waals surface area contributed by atoms with Crippen LogP contribution in [0, 0.1) is 5.41 Å². The molecule has 0 aromatic heterocycles. The number of carbonyl (C=O) groups excluding carboxylic acids is 1. The van der Waals surface area contributed by atoms with E-state index in [1.54, 1.807) is 0 Å². The molecule has 25 heavy (non-hydrogen) atoms. The molecular formula is C21H34O3Si. The number of benzene rings is 1. The van der Waals surface area contributed by atoms with Crippen LogP contribution in [0.1, 0.15) is 53.2 Å². The van der Waals surface area contributed by atoms with E-state index >= 15 is 0 Å². The maximum atomic E-state index is 11.8. The van der Waals surface area contributed by atoms with Gasteiger partial charge in [-0.25, -0.2) is 4.79 Å². The molecule has 0 aliphatic rings. The lowest BCUT2D eigenvalue weighted by Crippen LogP contribution is -2.44. The second-order valence-corrected chi connectivity index (χ2v) is 13.3. The van der Waals surface area contributed by atoms with Gasteiger partial charge in [0.15, 0.2) is 8.32 Å². The van der Waals surface area contributed by atoms with E-state index in [0.717, 1.165) is 5.56 Å². The predicted molar refractivity (Wildman–Crippen MR) is 107 cm³/mol. The number of esters is 1. The summed E-state index contributed by atoms with van der Waals surface area (Å²) < 4.78 is 11.8. The smallest absolute Gasteiger partial charge is 0.330 e. The Bertz CT molecular complexity index is 583. The van der Waals surface area contributed by atoms with E-state index in [1.165, 1.54) is 6.08 Å². The van der Waals surface area contributed by atoms with Crippen LogP contribution in [0.2, 0.25) is 18.1 Å². The summed E-state index contributed by atoms with van der Waals surface area (Å²) >= 11 is 0. The predicted octanol–water partition coefficient (Wildman–Crippen LogP) is 5.90. The van der Waals surface area contributed by atoms with Crippen molar-refractivity contribution in [1.82, 2.24) is 0 Å². The molecular weight excluding hydrogens is 328 g/mol. The molecule has 1 atom stereocenters. The average Bonchev–Trinajstić information content (AvgIpc) is 2.51. The van der Waals surface area contributed by atoms with Crippen LogP contribution in [0.15, 0.2) is 42.5 Å². The van der Waals surface area contributed by atoms with E-state index in [-0.39, 0.29) is 22.5 Å². The molecule has 1 aromatic rings. The van der Waals surface area contributed by atoms with Gasteiger partial charge in [-0.15, -0.1) is 0 Å². The molecule has 0 aliphatic carbocycles. The topological polar surface area (TPSA) is 35.5 Å². The van der Waals surface area contributed by atoms with Crippen molar-refractivity contribution in [3.8, 4) is 0 Å². The molecule has 0 spiro atoms. The molecule has 0 saturated heterocycles. The fourth-order valence-electron chi connectivity index (χ4n) is 2.31. The maximum Gasteiger partial charge on any atom is 0.330 e. The zero-order chi connectivity index (χ0) is 19.3. The summed E-state index contributed by atoms with van der Waals surface area (Å²) in [6, 6.07) is 10.3. The van der Waals surface area contributed by atoms with Gasteiger partial charge < -0.3 is 9.16 Å². The van der Waals surface area contributed by atoms with Crippen molar-refractivity contribution >= 4 is 14.3 Å². The van der Waals surface area contributed by atoms with E-state index in [1.807, 2.05) is 31.2 Å². The third-order valence-corrected chi connectivity index (χ3v) is 9.37. The highest BCUT2D eigenvalue weighted by atomic mass is 28.4. The molecule has 0 radical (unpaired) electrons. The van der Waals surface area contributed by atoms with Crippen LogP contribution in [-0.2, 0) is 14.0 Å². The quantitative estimate of drug-likeness (QED) is 0.344. The Morgan fingerprint density at radius 2 is 1.68 bits per heavy atom. The lowest BCUT2D eigenvalue weighted by Gasteiger charge is -2.43. The molecule has 1 aromatic carbocycles. The Balaban J connectivity index is 3.21. The SMILES string of the molecule is CCOC(=O)/C=C/C(C)(C)C(O[Si](C)(C)C(C)(C)C)c1ccccc1. The highest BCUT2D eigenvalue weighted by Gasteiger charge is 2.42. The van der Waals surface area contributed by atoms with E-state index < -0.39 is 8.32 Å². The van der Waals surface area contributed by atoms with E-state index in [0.29, 0.717) is 6.61 Å². The lowest BCUT2D eigenvalue weighted by atomic mass is 9.82. The lowest BCUT2D eigenvalue weighted by molar-refractivity contribution is -0.137. The van der Waals surface area contributed by atoms with Crippen LogP contribution < -0.4 is 0 Å². The van der Waals surface area contributed by atoms with Gasteiger partial charge in [0.2, 0.25) is 0 Å². The molecule has 0 N–H and O–H groups in total. The summed E-state index contributed by atoms with van der Waals surface area (Å²) in [7, 11) is -1.98. The van der Waals surface area contributed by atoms with Gasteiger partial charge in [-0.2, -0.15) is 0 Å². The number of carbonyl (C=O) groups is 1. The van der Waals surface area contributed by atoms with Crippen LogP contribution in [0.5, 0.6) is 0 Å². The Morgan fingerprint density at radius 1 is 1.12 bits per heavy atom. The molecule has 0 heterocycles. The second-order valence-electron chi connectivity index (χ2n) is 8.58. The highest BCUT2D eigenvalue weighted by Crippen LogP contribution is 2.45. The number of rotatable bonds is 7. The second kappa shape index (κ2) is 8.32. The minimum absolute atomic E-state index is 0.112. The minimum atomic E-state index is -1.98. The summed E-state index contributed by atoms with van der Waals surface area (Å²) in [5, 5.41) is 0.112. The molecule has 0 bridgehead atoms. The molecule has 140 valence electrons. The van der Waals surface area contributed by atoms with Crippen molar-refractivity contribution < 1.29 is 14.0 Å². The summed E-state index contributed by atoms with van der Waals surface area (Å²) in [5.74, 6) is -0.310. The summed E-state index contributed by atoms with van der Waals surface area (Å²) in [6.07, 6.45) is 3.31. The normalized spacial score (nSPS) is 14.6. The molecule has 0 fully saturated rings. The van der Waals surface area contributed by atoms with Crippen LogP contribution in [-0.4, -0.2) is 20.9 Å². The van der Waals surface area contributed by atoms with Gasteiger partial charge in [0.1, 0.15) is 0 Å². The number of hydrogen-bond acceptors (Lipinski definition) is 3. The molecule has 1 unspecified atom stereocenters. The Kier molecular flexibility index (Phi) is 7.21. The fourth-order valence-corrected chi connectivity index (χ4v) is 3.69. The summed E-state index contributed by atoms with van der Waals surface area (Å²) in [6.45, 7) is 17.6. The molecule has 0 saturated carbocycles. The van der Waals surface area contributed by atoms with Gasteiger partial charge in [-0.3, -0.25) is 0 Å². The minimum Gasteiger partial charge on any atom is -0.463 e. The van der Waals surface area contributed by atoms with Crippen molar-refractivity contribution in [1.29, 1.82) is 0 Å². The van der Waals surface area contributed by atoms with Crippen LogP contribution in [0.25, 0.3) is 0 Å². The molecule has 0 aliphatic heterocycles. The summed E-state index contributed by atoms with van der Waals surface area (Å²) in [5.41, 5.74) is 0.787. The third kappa shape index (κ3) is 6.12. The third-order valence-electron chi connectivity index (χ3n) is 4.93. The van der Waals surface area contributed by atoms with Gasteiger partial charge in [0, 0.05) is 11.5 Å². The molecule has 3 nitrogen and oxygen atoms in total. The van der Waals surface area contributed by atoms with Gasteiger partial charge in [-0.1, -0.05) is 71.0 Å². The van der Waals surface area contributed by atoms with Crippen molar-refractivity contribution in [3.63, 3.8) is 0 Å². The summed E-state index contributed by atoms with van der Waals surface area (Å²) in [4.78, 5) is 11.8. The van der Waals surface area contributed by atoms with Crippen LogP contribution >= 0.6 is 0 Å². The number of hydrogen-bond donors (Lipinski definition) is 0. The van der Waals surface area contributed by atoms with Gasteiger partial charge in [-0.05, 0) is 30.6 Å². The van der Waals surface area contributed by atoms with Crippen molar-refractivity contribution in [3.05, 3.63) is 48.0 Å². The Labute approximate surface area is 154 Å². The van der Waals surface area contributed by atoms with Crippen LogP contribution in [0.4, 0.5) is 0 Å². The van der Waals surface area contributed by atoms with Crippen molar-refractivity contribution in [2.45, 2.75) is 65.8 Å². The van der Waals surface area contributed by atoms with Gasteiger partial charge in [0.25, 0.3) is 0 Å². The van der Waals surface area contributed by atoms with E-state index in [2.05, 4.69) is 59.8 Å². The van der Waals surface area contributed by atoms with Crippen LogP contribution in [0.3, 0.4) is 0 Å². The monoisotopic (exact) mass is 362 g/mol. The maximum absolute atomic E-state index is 11.8. The standard InChI is InChI=1S/C21H34O3Si/c1-9-23-18(22)15-16-21(5,6)19(17-13-11-10-12-14-17)24-25(7,8)20(2,3)4/h10-16,19H,9H2,1-8H3/b16-15+. The first-order valence-corrected chi connectivity index (χ1v) is 11.9. The van der Waals surface area contributed by atoms with Crippen molar-refractivity contribution in [2.24, 2.45) is 5.41 Å². The first-order valence-electron chi connectivity index (χ1n) is 8.99. The van der Waals surface area contributed by atoms with E-state index in [4.69, 9.17) is 9.16 Å². The first-order chi connectivity index (χ1) is 11.4. The van der Waals surface area contributed by atoms with Crippen molar-refractivity contribution in [2.75, 3.05) is 6.61 Å². The zero-order valence-electron chi connectivity index (χ0n) is 17.1. The molecule has 0 amide bonds. The van der Waals surface area contributed by atoms with E-state index in [9.17, 15) is 4.79 Å². The number of ether oxygens (including phenoxy) is 1. The highest BCUT2D eigenvalue weighted by molar-refractivity contribution is 6.74. The zero-order valence-corrected chi connectivity index (χ0v) is 18.1. The first kappa shape index (κ1) is 21.6. The van der Waals surface area contributed by atoms with Gasteiger partial charge >= 0.3 is 5.97 Å². The van der Waals surface area contributed by atoms with Gasteiger partial charge in [0.05, 0.1) is 12.7 Å². The molecule has 4 heteroatoms. The fraction of sp³-hybridized carbons (Fsp3) is 0.571. The Morgan fingerprint density at radius 3 is 2.16 bits per heavy atom. The Hall–Kier alpha value is -1.39.